The van der Waals surface area contributed by atoms with Gasteiger partial charge in [0.1, 0.15) is 0 Å². The maximum absolute atomic E-state index is 11.8. The molecular weight excluding hydrogens is 441 g/mol. The first-order chi connectivity index (χ1) is 12.3. The molecule has 0 bridgehead atoms. The zero-order chi connectivity index (χ0) is 17.5. The maximum Gasteiger partial charge on any atom is 0.227 e. The first-order valence-electron chi connectivity index (χ1n) is 8.71. The molecule has 6 nitrogen and oxygen atoms in total. The van der Waals surface area contributed by atoms with Crippen molar-refractivity contribution in [1.82, 2.24) is 15.2 Å². The van der Waals surface area contributed by atoms with Gasteiger partial charge >= 0.3 is 0 Å². The fourth-order valence-corrected chi connectivity index (χ4v) is 2.94. The Balaban J connectivity index is 0.00000243. The number of rotatable bonds is 6. The average Bonchev–Trinajstić information content (AvgIpc) is 3.30. The number of halogens is 1. The van der Waals surface area contributed by atoms with Gasteiger partial charge in [-0.05, 0) is 36.2 Å². The summed E-state index contributed by atoms with van der Waals surface area (Å²) in [5, 5.41) is 6.62. The summed E-state index contributed by atoms with van der Waals surface area (Å²) in [5.74, 6) is 1.00. The smallest absolute Gasteiger partial charge is 0.227 e. The fraction of sp³-hybridized carbons (Fsp3) is 0.368. The molecule has 0 atom stereocenters. The summed E-state index contributed by atoms with van der Waals surface area (Å²) >= 11 is 0. The van der Waals surface area contributed by atoms with E-state index >= 15 is 0 Å². The number of hydrogen-bond donors (Lipinski definition) is 2. The van der Waals surface area contributed by atoms with Crippen LogP contribution in [0, 0.1) is 0 Å². The number of aliphatic imine (C=N–C) groups is 1. The maximum atomic E-state index is 11.8. The van der Waals surface area contributed by atoms with E-state index in [1.54, 1.807) is 7.05 Å². The second kappa shape index (κ2) is 10.2. The molecular formula is C19H26IN5O. The summed E-state index contributed by atoms with van der Waals surface area (Å²) in [4.78, 5) is 17.9. The van der Waals surface area contributed by atoms with Crippen LogP contribution >= 0.6 is 24.0 Å². The lowest BCUT2D eigenvalue weighted by Crippen LogP contribution is -2.38. The highest BCUT2D eigenvalue weighted by molar-refractivity contribution is 14.0. The van der Waals surface area contributed by atoms with Crippen LogP contribution in [0.1, 0.15) is 18.4 Å². The minimum Gasteiger partial charge on any atom is -0.355 e. The lowest BCUT2D eigenvalue weighted by atomic mass is 10.2. The molecule has 1 aromatic heterocycles. The molecule has 0 aliphatic carbocycles. The summed E-state index contributed by atoms with van der Waals surface area (Å²) in [6, 6.07) is 12.2. The quantitative estimate of drug-likeness (QED) is 0.390. The Hall–Kier alpha value is -2.03. The summed E-state index contributed by atoms with van der Waals surface area (Å²) < 4.78 is 2.12. The molecule has 1 saturated heterocycles. The van der Waals surface area contributed by atoms with Gasteiger partial charge in [0.25, 0.3) is 0 Å². The summed E-state index contributed by atoms with van der Waals surface area (Å²) in [7, 11) is 1.77. The van der Waals surface area contributed by atoms with Crippen molar-refractivity contribution in [3.8, 4) is 0 Å². The lowest BCUT2D eigenvalue weighted by molar-refractivity contribution is -0.117. The number of nitrogens with zero attached hydrogens (tertiary/aromatic N) is 3. The van der Waals surface area contributed by atoms with E-state index in [0.717, 1.165) is 43.3 Å². The number of nitrogens with one attached hydrogen (secondary N) is 2. The van der Waals surface area contributed by atoms with Crippen molar-refractivity contribution in [2.75, 3.05) is 25.0 Å². The minimum absolute atomic E-state index is 0. The van der Waals surface area contributed by atoms with Gasteiger partial charge in [-0.1, -0.05) is 12.1 Å². The molecule has 1 aliphatic heterocycles. The summed E-state index contributed by atoms with van der Waals surface area (Å²) in [6.45, 7) is 3.22. The lowest BCUT2D eigenvalue weighted by Gasteiger charge is -2.16. The van der Waals surface area contributed by atoms with Crippen LogP contribution in [0.25, 0.3) is 0 Å². The van der Waals surface area contributed by atoms with Gasteiger partial charge in [0.05, 0.1) is 0 Å². The molecule has 2 N–H and O–H groups in total. The molecule has 26 heavy (non-hydrogen) atoms. The van der Waals surface area contributed by atoms with Crippen LogP contribution in [0.5, 0.6) is 0 Å². The van der Waals surface area contributed by atoms with Crippen LogP contribution < -0.4 is 15.5 Å². The van der Waals surface area contributed by atoms with E-state index in [1.165, 1.54) is 0 Å². The van der Waals surface area contributed by atoms with Gasteiger partial charge in [-0.2, -0.15) is 0 Å². The molecule has 7 heteroatoms. The molecule has 140 valence electrons. The van der Waals surface area contributed by atoms with Crippen molar-refractivity contribution >= 4 is 41.5 Å². The standard InChI is InChI=1S/C19H25N5O.HI/c1-20-19(21-10-14-23-11-2-3-12-23)22-15-16-6-8-17(9-7-16)24-13-4-5-18(24)25;/h2-3,6-9,11-12H,4-5,10,13-15H2,1H3,(H2,20,21,22);1H. The Bertz CT molecular complexity index is 712. The van der Waals surface area contributed by atoms with Crippen molar-refractivity contribution in [1.29, 1.82) is 0 Å². The number of aromatic nitrogens is 1. The highest BCUT2D eigenvalue weighted by atomic mass is 127. The first kappa shape index (κ1) is 20.3. The number of carbonyl (C=O) groups is 1. The summed E-state index contributed by atoms with van der Waals surface area (Å²) in [5.41, 5.74) is 2.14. The zero-order valence-electron chi connectivity index (χ0n) is 15.0. The molecule has 2 heterocycles. The van der Waals surface area contributed by atoms with Crippen molar-refractivity contribution < 1.29 is 4.79 Å². The Morgan fingerprint density at radius 2 is 1.88 bits per heavy atom. The number of benzene rings is 1. The predicted octanol–water partition coefficient (Wildman–Crippen LogP) is 2.60. The van der Waals surface area contributed by atoms with Crippen LogP contribution in [0.3, 0.4) is 0 Å². The van der Waals surface area contributed by atoms with Crippen LogP contribution in [-0.4, -0.2) is 36.6 Å². The van der Waals surface area contributed by atoms with E-state index in [-0.39, 0.29) is 29.9 Å². The van der Waals surface area contributed by atoms with Gasteiger partial charge < -0.3 is 20.1 Å². The molecule has 0 spiro atoms. The van der Waals surface area contributed by atoms with E-state index in [4.69, 9.17) is 0 Å². The van der Waals surface area contributed by atoms with Gasteiger partial charge in [-0.15, -0.1) is 24.0 Å². The Labute approximate surface area is 171 Å². The first-order valence-corrected chi connectivity index (χ1v) is 8.71. The van der Waals surface area contributed by atoms with E-state index in [9.17, 15) is 4.79 Å². The highest BCUT2D eigenvalue weighted by Crippen LogP contribution is 2.21. The average molecular weight is 467 g/mol. The van der Waals surface area contributed by atoms with Crippen LogP contribution in [0.2, 0.25) is 0 Å². The third kappa shape index (κ3) is 5.48. The van der Waals surface area contributed by atoms with E-state index < -0.39 is 0 Å². The van der Waals surface area contributed by atoms with E-state index in [2.05, 4.69) is 32.3 Å². The molecule has 1 aliphatic rings. The molecule has 1 aromatic carbocycles. The Morgan fingerprint density at radius 3 is 2.50 bits per heavy atom. The van der Waals surface area contributed by atoms with Crippen molar-refractivity contribution in [2.45, 2.75) is 25.9 Å². The largest absolute Gasteiger partial charge is 0.355 e. The second-order valence-electron chi connectivity index (χ2n) is 6.09. The van der Waals surface area contributed by atoms with Crippen LogP contribution in [-0.2, 0) is 17.9 Å². The molecule has 3 rings (SSSR count). The van der Waals surface area contributed by atoms with Crippen molar-refractivity contribution in [3.05, 3.63) is 54.4 Å². The second-order valence-corrected chi connectivity index (χ2v) is 6.09. The van der Waals surface area contributed by atoms with Crippen LogP contribution in [0.4, 0.5) is 5.69 Å². The highest BCUT2D eigenvalue weighted by Gasteiger charge is 2.21. The molecule has 0 unspecified atom stereocenters. The van der Waals surface area contributed by atoms with Gasteiger partial charge in [-0.3, -0.25) is 9.79 Å². The van der Waals surface area contributed by atoms with Gasteiger partial charge in [0.2, 0.25) is 5.91 Å². The minimum atomic E-state index is 0. The van der Waals surface area contributed by atoms with Crippen molar-refractivity contribution in [2.24, 2.45) is 4.99 Å². The number of hydrogen-bond acceptors (Lipinski definition) is 2. The predicted molar refractivity (Wildman–Crippen MR) is 116 cm³/mol. The van der Waals surface area contributed by atoms with Crippen LogP contribution in [0.15, 0.2) is 53.8 Å². The monoisotopic (exact) mass is 467 g/mol. The SMILES string of the molecule is CN=C(NCCn1cccc1)NCc1ccc(N2CCCC2=O)cc1.I. The third-order valence-corrected chi connectivity index (χ3v) is 4.33. The molecule has 0 radical (unpaired) electrons. The van der Waals surface area contributed by atoms with Gasteiger partial charge in [0, 0.05) is 57.7 Å². The fourth-order valence-electron chi connectivity index (χ4n) is 2.94. The van der Waals surface area contributed by atoms with Gasteiger partial charge in [-0.25, -0.2) is 0 Å². The summed E-state index contributed by atoms with van der Waals surface area (Å²) in [6.07, 6.45) is 5.70. The topological polar surface area (TPSA) is 61.7 Å². The number of guanidine groups is 1. The van der Waals surface area contributed by atoms with Gasteiger partial charge in [0.15, 0.2) is 5.96 Å². The zero-order valence-corrected chi connectivity index (χ0v) is 17.3. The normalized spacial score (nSPS) is 14.3. The molecule has 1 fully saturated rings. The Kier molecular flexibility index (Phi) is 7.96. The number of carbonyl (C=O) groups excluding carboxylic acids is 1. The molecule has 1 amide bonds. The number of amides is 1. The third-order valence-electron chi connectivity index (χ3n) is 4.33. The molecule has 2 aromatic rings. The van der Waals surface area contributed by atoms with E-state index in [0.29, 0.717) is 13.0 Å². The van der Waals surface area contributed by atoms with Crippen molar-refractivity contribution in [3.63, 3.8) is 0 Å². The Morgan fingerprint density at radius 1 is 1.15 bits per heavy atom. The number of anilines is 1. The van der Waals surface area contributed by atoms with E-state index in [1.807, 2.05) is 41.6 Å². The molecule has 0 saturated carbocycles.